The van der Waals surface area contributed by atoms with E-state index in [2.05, 4.69) is 27.8 Å². The van der Waals surface area contributed by atoms with Gasteiger partial charge < -0.3 is 4.74 Å². The van der Waals surface area contributed by atoms with Gasteiger partial charge in [-0.2, -0.15) is 0 Å². The maximum atomic E-state index is 5.58. The fraction of sp³-hybridized carbons (Fsp3) is 0.308. The van der Waals surface area contributed by atoms with E-state index in [0.29, 0.717) is 5.88 Å². The molecule has 0 spiro atoms. The summed E-state index contributed by atoms with van der Waals surface area (Å²) in [4.78, 5) is 4.48. The normalized spacial score (nSPS) is 10.6. The van der Waals surface area contributed by atoms with Crippen molar-refractivity contribution >= 4 is 26.8 Å². The van der Waals surface area contributed by atoms with Crippen molar-refractivity contribution in [3.8, 4) is 5.88 Å². The first-order valence-corrected chi connectivity index (χ1v) is 6.28. The van der Waals surface area contributed by atoms with Gasteiger partial charge in [0.25, 0.3) is 0 Å². The number of rotatable bonds is 4. The zero-order valence-electron chi connectivity index (χ0n) is 9.24. The van der Waals surface area contributed by atoms with Gasteiger partial charge in [-0.1, -0.05) is 25.5 Å². The Bertz CT molecular complexity index is 484. The third kappa shape index (κ3) is 2.53. The minimum Gasteiger partial charge on any atom is -0.478 e. The molecule has 3 heteroatoms. The molecule has 0 fully saturated rings. The molecule has 16 heavy (non-hydrogen) atoms. The van der Waals surface area contributed by atoms with Crippen molar-refractivity contribution < 1.29 is 4.74 Å². The Morgan fingerprint density at radius 3 is 2.94 bits per heavy atom. The molecule has 2 nitrogen and oxygen atoms in total. The average Bonchev–Trinajstić information content (AvgIpc) is 2.30. The van der Waals surface area contributed by atoms with Crippen molar-refractivity contribution in [2.45, 2.75) is 19.8 Å². The molecule has 0 atom stereocenters. The number of fused-ring (bicyclic) bond motifs is 1. The molecule has 0 radical (unpaired) electrons. The van der Waals surface area contributed by atoms with E-state index < -0.39 is 0 Å². The minimum atomic E-state index is 0.702. The van der Waals surface area contributed by atoms with Gasteiger partial charge in [0.1, 0.15) is 0 Å². The first-order valence-electron chi connectivity index (χ1n) is 5.49. The summed E-state index contributed by atoms with van der Waals surface area (Å²) < 4.78 is 6.58. The van der Waals surface area contributed by atoms with Crippen LogP contribution in [0.4, 0.5) is 0 Å². The molecule has 1 aromatic carbocycles. The average molecular weight is 280 g/mol. The Hall–Kier alpha value is -1.09. The van der Waals surface area contributed by atoms with E-state index in [9.17, 15) is 0 Å². The monoisotopic (exact) mass is 279 g/mol. The van der Waals surface area contributed by atoms with Gasteiger partial charge in [0.2, 0.25) is 5.88 Å². The van der Waals surface area contributed by atoms with Gasteiger partial charge >= 0.3 is 0 Å². The number of pyridine rings is 1. The number of ether oxygens (including phenoxy) is 1. The Morgan fingerprint density at radius 2 is 2.12 bits per heavy atom. The lowest BCUT2D eigenvalue weighted by molar-refractivity contribution is 0.299. The molecule has 2 aromatic rings. The molecular weight excluding hydrogens is 266 g/mol. The van der Waals surface area contributed by atoms with Gasteiger partial charge in [-0.05, 0) is 34.5 Å². The van der Waals surface area contributed by atoms with E-state index >= 15 is 0 Å². The van der Waals surface area contributed by atoms with Crippen LogP contribution in [0.1, 0.15) is 19.8 Å². The van der Waals surface area contributed by atoms with Gasteiger partial charge in [0.05, 0.1) is 12.1 Å². The molecular formula is C13H14BrNO. The molecule has 84 valence electrons. The third-order valence-electron chi connectivity index (χ3n) is 2.39. The maximum Gasteiger partial charge on any atom is 0.213 e. The Morgan fingerprint density at radius 1 is 1.25 bits per heavy atom. The molecule has 0 saturated heterocycles. The molecule has 0 bridgehead atoms. The molecule has 0 aliphatic heterocycles. The zero-order valence-corrected chi connectivity index (χ0v) is 10.8. The minimum absolute atomic E-state index is 0.702. The largest absolute Gasteiger partial charge is 0.478 e. The lowest BCUT2D eigenvalue weighted by atomic mass is 10.2. The molecule has 1 heterocycles. The summed E-state index contributed by atoms with van der Waals surface area (Å²) in [6.45, 7) is 2.88. The number of hydrogen-bond donors (Lipinski definition) is 0. The molecule has 0 N–H and O–H groups in total. The van der Waals surface area contributed by atoms with E-state index in [0.717, 1.165) is 34.8 Å². The van der Waals surface area contributed by atoms with Gasteiger partial charge in [-0.15, -0.1) is 0 Å². The van der Waals surface area contributed by atoms with E-state index in [4.69, 9.17) is 4.74 Å². The Balaban J connectivity index is 2.25. The zero-order chi connectivity index (χ0) is 11.4. The topological polar surface area (TPSA) is 22.1 Å². The number of benzene rings is 1. The Labute approximate surface area is 104 Å². The lowest BCUT2D eigenvalue weighted by Crippen LogP contribution is -1.98. The summed E-state index contributed by atoms with van der Waals surface area (Å²) in [6, 6.07) is 10.00. The maximum absolute atomic E-state index is 5.58. The highest BCUT2D eigenvalue weighted by Gasteiger charge is 2.02. The summed E-state index contributed by atoms with van der Waals surface area (Å²) in [5, 5.41) is 1.12. The van der Waals surface area contributed by atoms with Crippen LogP contribution in [0.15, 0.2) is 34.8 Å². The number of para-hydroxylation sites is 1. The predicted octanol–water partition coefficient (Wildman–Crippen LogP) is 4.18. The van der Waals surface area contributed by atoms with Crippen LogP contribution in [0.5, 0.6) is 5.88 Å². The van der Waals surface area contributed by atoms with E-state index in [1.807, 2.05) is 30.3 Å². The van der Waals surface area contributed by atoms with Crippen LogP contribution in [-0.2, 0) is 0 Å². The van der Waals surface area contributed by atoms with Gasteiger partial charge in [-0.3, -0.25) is 0 Å². The lowest BCUT2D eigenvalue weighted by Gasteiger charge is -2.06. The fourth-order valence-electron chi connectivity index (χ4n) is 1.49. The molecule has 0 aliphatic rings. The fourth-order valence-corrected chi connectivity index (χ4v) is 1.96. The number of unbranched alkanes of at least 4 members (excludes halogenated alkanes) is 1. The molecule has 2 rings (SSSR count). The molecule has 0 unspecified atom stereocenters. The summed E-state index contributed by atoms with van der Waals surface area (Å²) in [6.07, 6.45) is 2.20. The van der Waals surface area contributed by atoms with Crippen LogP contribution >= 0.6 is 15.9 Å². The highest BCUT2D eigenvalue weighted by atomic mass is 79.9. The van der Waals surface area contributed by atoms with Crippen LogP contribution in [-0.4, -0.2) is 11.6 Å². The highest BCUT2D eigenvalue weighted by molar-refractivity contribution is 9.10. The molecule has 0 saturated carbocycles. The standard InChI is InChI=1S/C13H14BrNO/c1-2-3-9-16-12-8-7-10-5-4-6-11(14)13(10)15-12/h4-8H,2-3,9H2,1H3. The predicted molar refractivity (Wildman–Crippen MR) is 69.8 cm³/mol. The summed E-state index contributed by atoms with van der Waals surface area (Å²) >= 11 is 3.49. The van der Waals surface area contributed by atoms with Crippen LogP contribution in [0.3, 0.4) is 0 Å². The van der Waals surface area contributed by atoms with Crippen LogP contribution < -0.4 is 4.74 Å². The Kier molecular flexibility index (Phi) is 3.78. The highest BCUT2D eigenvalue weighted by Crippen LogP contribution is 2.24. The van der Waals surface area contributed by atoms with Crippen molar-refractivity contribution in [1.82, 2.24) is 4.98 Å². The molecule has 0 aliphatic carbocycles. The van der Waals surface area contributed by atoms with Gasteiger partial charge in [-0.25, -0.2) is 4.98 Å². The number of nitrogens with zero attached hydrogens (tertiary/aromatic N) is 1. The summed E-state index contributed by atoms with van der Waals surface area (Å²) in [5.74, 6) is 0.702. The first kappa shape index (κ1) is 11.4. The van der Waals surface area contributed by atoms with Crippen molar-refractivity contribution in [3.63, 3.8) is 0 Å². The number of aromatic nitrogens is 1. The van der Waals surface area contributed by atoms with E-state index in [1.54, 1.807) is 0 Å². The summed E-state index contributed by atoms with van der Waals surface area (Å²) in [5.41, 5.74) is 0.955. The molecule has 1 aromatic heterocycles. The number of hydrogen-bond acceptors (Lipinski definition) is 2. The smallest absolute Gasteiger partial charge is 0.213 e. The van der Waals surface area contributed by atoms with Crippen LogP contribution in [0.2, 0.25) is 0 Å². The van der Waals surface area contributed by atoms with E-state index in [1.165, 1.54) is 0 Å². The number of halogens is 1. The molecule has 0 amide bonds. The quantitative estimate of drug-likeness (QED) is 0.784. The van der Waals surface area contributed by atoms with Gasteiger partial charge in [0, 0.05) is 15.9 Å². The summed E-state index contributed by atoms with van der Waals surface area (Å²) in [7, 11) is 0. The van der Waals surface area contributed by atoms with Crippen molar-refractivity contribution in [2.75, 3.05) is 6.61 Å². The first-order chi connectivity index (χ1) is 7.81. The second kappa shape index (κ2) is 5.30. The van der Waals surface area contributed by atoms with Gasteiger partial charge in [0.15, 0.2) is 0 Å². The van der Waals surface area contributed by atoms with E-state index in [-0.39, 0.29) is 0 Å². The van der Waals surface area contributed by atoms with Crippen LogP contribution in [0.25, 0.3) is 10.9 Å². The van der Waals surface area contributed by atoms with Crippen LogP contribution in [0, 0.1) is 0 Å². The van der Waals surface area contributed by atoms with Crippen molar-refractivity contribution in [3.05, 3.63) is 34.8 Å². The second-order valence-electron chi connectivity index (χ2n) is 3.66. The van der Waals surface area contributed by atoms with Crippen molar-refractivity contribution in [2.24, 2.45) is 0 Å². The SMILES string of the molecule is CCCCOc1ccc2cccc(Br)c2n1. The third-order valence-corrected chi connectivity index (χ3v) is 3.03. The second-order valence-corrected chi connectivity index (χ2v) is 4.52. The van der Waals surface area contributed by atoms with Crippen molar-refractivity contribution in [1.29, 1.82) is 0 Å².